The average molecular weight is 503 g/mol. The Morgan fingerprint density at radius 3 is 1.74 bits per heavy atom. The van der Waals surface area contributed by atoms with Crippen LogP contribution in [0, 0.1) is 5.92 Å². The number of carbonyl (C=O) groups excluding carboxylic acids is 5. The van der Waals surface area contributed by atoms with E-state index in [1.807, 2.05) is 0 Å². The van der Waals surface area contributed by atoms with Crippen molar-refractivity contribution in [3.63, 3.8) is 0 Å². The molecule has 0 rings (SSSR count). The molecule has 0 saturated heterocycles. The Bertz CT molecular complexity index is 819. The number of nitrogens with two attached hydrogens (primary N) is 3. The van der Waals surface area contributed by atoms with Gasteiger partial charge in [-0.2, -0.15) is 0 Å². The van der Waals surface area contributed by atoms with Crippen LogP contribution >= 0.6 is 0 Å². The molecule has 0 fully saturated rings. The van der Waals surface area contributed by atoms with E-state index in [0.29, 0.717) is 6.42 Å². The summed E-state index contributed by atoms with van der Waals surface area (Å²) in [4.78, 5) is 82.4. The maximum absolute atomic E-state index is 12.9. The highest BCUT2D eigenvalue weighted by atomic mass is 16.4. The second-order valence-corrected chi connectivity index (χ2v) is 8.05. The van der Waals surface area contributed by atoms with E-state index < -0.39 is 78.0 Å². The number of primary amides is 2. The molecule has 15 heteroatoms. The zero-order chi connectivity index (χ0) is 27.3. The molecule has 5 amide bonds. The molecule has 5 unspecified atom stereocenters. The van der Waals surface area contributed by atoms with Crippen molar-refractivity contribution >= 4 is 41.5 Å². The third-order valence-electron chi connectivity index (χ3n) is 5.14. The van der Waals surface area contributed by atoms with E-state index in [-0.39, 0.29) is 25.7 Å². The molecule has 0 spiro atoms. The van der Waals surface area contributed by atoms with Crippen molar-refractivity contribution < 1.29 is 43.8 Å². The number of carboxylic acid groups (broad SMARTS) is 2. The van der Waals surface area contributed by atoms with Crippen molar-refractivity contribution in [1.29, 1.82) is 0 Å². The largest absolute Gasteiger partial charge is 0.481 e. The van der Waals surface area contributed by atoms with Crippen LogP contribution in [0.2, 0.25) is 0 Å². The summed E-state index contributed by atoms with van der Waals surface area (Å²) in [5.74, 6) is -7.68. The summed E-state index contributed by atoms with van der Waals surface area (Å²) in [7, 11) is 0. The monoisotopic (exact) mass is 502 g/mol. The van der Waals surface area contributed by atoms with Crippen LogP contribution in [-0.4, -0.2) is 75.9 Å². The lowest BCUT2D eigenvalue weighted by Crippen LogP contribution is -2.59. The minimum absolute atomic E-state index is 0.0675. The van der Waals surface area contributed by atoms with Gasteiger partial charge in [0.25, 0.3) is 0 Å². The summed E-state index contributed by atoms with van der Waals surface area (Å²) in [6.45, 7) is 3.35. The van der Waals surface area contributed by atoms with E-state index in [1.165, 1.54) is 0 Å². The number of carbonyl (C=O) groups is 7. The Labute approximate surface area is 201 Å². The number of carboxylic acids is 2. The van der Waals surface area contributed by atoms with E-state index in [9.17, 15) is 38.7 Å². The van der Waals surface area contributed by atoms with Crippen LogP contribution in [-0.2, 0) is 33.6 Å². The summed E-state index contributed by atoms with van der Waals surface area (Å²) >= 11 is 0. The van der Waals surface area contributed by atoms with E-state index in [1.54, 1.807) is 13.8 Å². The van der Waals surface area contributed by atoms with Crippen molar-refractivity contribution in [3.05, 3.63) is 0 Å². The normalized spacial score (nSPS) is 14.9. The number of aliphatic carboxylic acids is 2. The third-order valence-corrected chi connectivity index (χ3v) is 5.14. The van der Waals surface area contributed by atoms with Gasteiger partial charge in [0.15, 0.2) is 0 Å². The summed E-state index contributed by atoms with van der Waals surface area (Å²) in [5, 5.41) is 25.1. The molecule has 0 radical (unpaired) electrons. The minimum Gasteiger partial charge on any atom is -0.481 e. The zero-order valence-corrected chi connectivity index (χ0v) is 19.6. The Morgan fingerprint density at radius 2 is 1.29 bits per heavy atom. The summed E-state index contributed by atoms with van der Waals surface area (Å²) in [6.07, 6.45) is -1.42. The molecule has 0 saturated carbocycles. The Kier molecular flexibility index (Phi) is 13.6. The molecule has 5 atom stereocenters. The molecule has 0 aromatic heterocycles. The first kappa shape index (κ1) is 31.2. The molecule has 0 aliphatic heterocycles. The second kappa shape index (κ2) is 15.2. The Hall–Kier alpha value is -3.75. The highest BCUT2D eigenvalue weighted by Crippen LogP contribution is 2.10. The van der Waals surface area contributed by atoms with E-state index >= 15 is 0 Å². The first-order chi connectivity index (χ1) is 16.2. The summed E-state index contributed by atoms with van der Waals surface area (Å²) in [6, 6.07) is -5.62. The van der Waals surface area contributed by atoms with Gasteiger partial charge in [0.1, 0.15) is 18.1 Å². The molecule has 0 aliphatic carbocycles. The van der Waals surface area contributed by atoms with Crippen LogP contribution in [0.1, 0.15) is 52.4 Å². The van der Waals surface area contributed by atoms with Gasteiger partial charge in [-0.05, 0) is 18.8 Å². The standard InChI is InChI=1S/C20H34N6O9/c1-3-9(2)16(26-17(31)10(21)4-6-13(22)27)19(33)25-12(8-15(29)30)18(32)24-11(20(34)35)5-7-14(23)28/h9-12,16H,3-8,21H2,1-2H3,(H2,22,27)(H2,23,28)(H,24,32)(H,25,33)(H,26,31)(H,29,30)(H,34,35). The predicted octanol–water partition coefficient (Wildman–Crippen LogP) is -3.10. The molecule has 0 aliphatic rings. The van der Waals surface area contributed by atoms with Crippen LogP contribution in [0.4, 0.5) is 0 Å². The van der Waals surface area contributed by atoms with Gasteiger partial charge in [0, 0.05) is 12.8 Å². The fourth-order valence-corrected chi connectivity index (χ4v) is 2.85. The van der Waals surface area contributed by atoms with Crippen LogP contribution in [0.15, 0.2) is 0 Å². The number of rotatable bonds is 17. The number of amides is 5. The molecule has 0 heterocycles. The van der Waals surface area contributed by atoms with Crippen molar-refractivity contribution in [3.8, 4) is 0 Å². The van der Waals surface area contributed by atoms with Crippen LogP contribution < -0.4 is 33.2 Å². The third kappa shape index (κ3) is 12.3. The SMILES string of the molecule is CCC(C)C(NC(=O)C(N)CCC(N)=O)C(=O)NC(CC(=O)O)C(=O)NC(CCC(N)=O)C(=O)O. The second-order valence-electron chi connectivity index (χ2n) is 8.05. The number of hydrogen-bond acceptors (Lipinski definition) is 8. The smallest absolute Gasteiger partial charge is 0.326 e. The first-order valence-corrected chi connectivity index (χ1v) is 10.9. The summed E-state index contributed by atoms with van der Waals surface area (Å²) < 4.78 is 0. The van der Waals surface area contributed by atoms with Crippen LogP contribution in [0.3, 0.4) is 0 Å². The molecule has 0 bridgehead atoms. The lowest BCUT2D eigenvalue weighted by molar-refractivity contribution is -0.144. The van der Waals surface area contributed by atoms with E-state index in [0.717, 1.165) is 0 Å². The maximum atomic E-state index is 12.9. The minimum atomic E-state index is -1.69. The molecule has 0 aromatic carbocycles. The van der Waals surface area contributed by atoms with Gasteiger partial charge < -0.3 is 43.4 Å². The fraction of sp³-hybridized carbons (Fsp3) is 0.650. The highest BCUT2D eigenvalue weighted by molar-refractivity contribution is 5.95. The van der Waals surface area contributed by atoms with E-state index in [2.05, 4.69) is 16.0 Å². The Morgan fingerprint density at radius 1 is 0.771 bits per heavy atom. The van der Waals surface area contributed by atoms with Gasteiger partial charge >= 0.3 is 11.9 Å². The average Bonchev–Trinajstić information content (AvgIpc) is 2.76. The first-order valence-electron chi connectivity index (χ1n) is 10.9. The molecular weight excluding hydrogens is 468 g/mol. The number of nitrogens with one attached hydrogen (secondary N) is 3. The van der Waals surface area contributed by atoms with E-state index in [4.69, 9.17) is 22.3 Å². The molecular formula is C20H34N6O9. The van der Waals surface area contributed by atoms with Gasteiger partial charge in [-0.1, -0.05) is 20.3 Å². The Balaban J connectivity index is 5.56. The fourth-order valence-electron chi connectivity index (χ4n) is 2.85. The molecule has 198 valence electrons. The van der Waals surface area contributed by atoms with Gasteiger partial charge in [-0.3, -0.25) is 28.8 Å². The molecule has 11 N–H and O–H groups in total. The van der Waals surface area contributed by atoms with Crippen molar-refractivity contribution in [2.24, 2.45) is 23.1 Å². The molecule has 15 nitrogen and oxygen atoms in total. The van der Waals surface area contributed by atoms with Crippen LogP contribution in [0.25, 0.3) is 0 Å². The van der Waals surface area contributed by atoms with Gasteiger partial charge in [0.05, 0.1) is 12.5 Å². The lowest BCUT2D eigenvalue weighted by atomic mass is 9.97. The van der Waals surface area contributed by atoms with Crippen LogP contribution in [0.5, 0.6) is 0 Å². The zero-order valence-electron chi connectivity index (χ0n) is 19.6. The van der Waals surface area contributed by atoms with Gasteiger partial charge in [-0.15, -0.1) is 0 Å². The van der Waals surface area contributed by atoms with Crippen molar-refractivity contribution in [2.45, 2.75) is 76.5 Å². The van der Waals surface area contributed by atoms with Gasteiger partial charge in [0.2, 0.25) is 29.5 Å². The quantitative estimate of drug-likeness (QED) is 0.0991. The molecule has 0 aromatic rings. The topological polar surface area (TPSA) is 274 Å². The highest BCUT2D eigenvalue weighted by Gasteiger charge is 2.33. The summed E-state index contributed by atoms with van der Waals surface area (Å²) in [5.41, 5.74) is 15.7. The van der Waals surface area contributed by atoms with Crippen molar-refractivity contribution in [1.82, 2.24) is 16.0 Å². The maximum Gasteiger partial charge on any atom is 0.326 e. The molecule has 35 heavy (non-hydrogen) atoms. The number of hydrogen-bond donors (Lipinski definition) is 8. The predicted molar refractivity (Wildman–Crippen MR) is 120 cm³/mol. The van der Waals surface area contributed by atoms with Crippen molar-refractivity contribution in [2.75, 3.05) is 0 Å². The lowest BCUT2D eigenvalue weighted by Gasteiger charge is -2.27. The van der Waals surface area contributed by atoms with Gasteiger partial charge in [-0.25, -0.2) is 4.79 Å².